The number of nitrogens with zero attached hydrogens (tertiary/aromatic N) is 1. The first kappa shape index (κ1) is 51.9. The van der Waals surface area contributed by atoms with Gasteiger partial charge in [0.05, 0.1) is 6.04 Å². The smallest absolute Gasteiger partial charge is 0.322 e. The Labute approximate surface area is 345 Å². The topological polar surface area (TPSA) is 361 Å². The normalized spacial score (nSPS) is 17.2. The average molecular weight is 856 g/mol. The molecule has 0 aliphatic carbocycles. The largest absolute Gasteiger partial charge is 0.481 e. The van der Waals surface area contributed by atoms with Crippen LogP contribution in [-0.2, 0) is 57.5 Å². The molecule has 1 fully saturated rings. The molecule has 0 spiro atoms. The number of ketones is 1. The number of Topliss-reactive ketones (excluding diaryl/α,β-unsaturated/α-hetero) is 1. The Bertz CT molecular complexity index is 1650. The van der Waals surface area contributed by atoms with E-state index in [0.29, 0.717) is 6.42 Å². The highest BCUT2D eigenvalue weighted by molar-refractivity contribution is 6.38. The van der Waals surface area contributed by atoms with Crippen LogP contribution in [0.4, 0.5) is 0 Å². The molecule has 0 radical (unpaired) electrons. The summed E-state index contributed by atoms with van der Waals surface area (Å²) in [6.45, 7) is 7.80. The highest BCUT2D eigenvalue weighted by Crippen LogP contribution is 2.28. The molecule has 0 aromatic rings. The molecular formula is C37H57N7O16. The van der Waals surface area contributed by atoms with Crippen molar-refractivity contribution >= 4 is 71.0 Å². The lowest BCUT2D eigenvalue weighted by Gasteiger charge is -2.33. The van der Waals surface area contributed by atoms with E-state index >= 15 is 0 Å². The van der Waals surface area contributed by atoms with Crippen molar-refractivity contribution in [2.24, 2.45) is 17.8 Å². The SMILES string of the molecule is CCC[C@H](NC(=O)[C@@H]1C[C@@H](CC(=O)O)CN1C(=O)[C@@H](NC(=O)[C@@H](NC(=O)[C@H](CCC(=O)O)NC(=O)[C@H](CCC(=O)O)NC(C)=O)C(C)C)C(C)C)C(=O)C(=O)NCC(=O)O. The maximum atomic E-state index is 14.2. The predicted molar refractivity (Wildman–Crippen MR) is 205 cm³/mol. The van der Waals surface area contributed by atoms with E-state index in [2.05, 4.69) is 26.6 Å². The fourth-order valence-corrected chi connectivity index (χ4v) is 6.35. The molecule has 1 rings (SSSR count). The summed E-state index contributed by atoms with van der Waals surface area (Å²) in [7, 11) is 0. The summed E-state index contributed by atoms with van der Waals surface area (Å²) >= 11 is 0. The van der Waals surface area contributed by atoms with E-state index in [1.807, 2.05) is 5.32 Å². The van der Waals surface area contributed by atoms with Crippen LogP contribution in [0.3, 0.4) is 0 Å². The van der Waals surface area contributed by atoms with Crippen molar-refractivity contribution in [3.05, 3.63) is 0 Å². The second-order valence-corrected chi connectivity index (χ2v) is 15.1. The molecule has 0 aromatic heterocycles. The molecule has 23 nitrogen and oxygen atoms in total. The van der Waals surface area contributed by atoms with Crippen LogP contribution in [0.5, 0.6) is 0 Å². The molecular weight excluding hydrogens is 798 g/mol. The number of amides is 7. The number of carboxylic acids is 4. The molecule has 1 aliphatic heterocycles. The molecule has 0 bridgehead atoms. The molecule has 0 unspecified atom stereocenters. The molecule has 336 valence electrons. The summed E-state index contributed by atoms with van der Waals surface area (Å²) in [6, 6.07) is -8.60. The number of hydrogen-bond acceptors (Lipinski definition) is 12. The van der Waals surface area contributed by atoms with Gasteiger partial charge < -0.3 is 57.2 Å². The van der Waals surface area contributed by atoms with Gasteiger partial charge in [-0.1, -0.05) is 41.0 Å². The summed E-state index contributed by atoms with van der Waals surface area (Å²) in [5.41, 5.74) is 0. The lowest BCUT2D eigenvalue weighted by molar-refractivity contribution is -0.145. The molecule has 7 amide bonds. The van der Waals surface area contributed by atoms with Gasteiger partial charge in [-0.05, 0) is 43.4 Å². The minimum atomic E-state index is -1.59. The van der Waals surface area contributed by atoms with Gasteiger partial charge in [0.25, 0.3) is 5.91 Å². The number of aliphatic carboxylic acids is 4. The molecule has 1 heterocycles. The number of carboxylic acid groups (broad SMARTS) is 4. The monoisotopic (exact) mass is 855 g/mol. The Morgan fingerprint density at radius 3 is 1.60 bits per heavy atom. The number of likely N-dealkylation sites (tertiary alicyclic amines) is 1. The predicted octanol–water partition coefficient (Wildman–Crippen LogP) is -2.27. The van der Waals surface area contributed by atoms with Crippen molar-refractivity contribution in [1.82, 2.24) is 36.8 Å². The van der Waals surface area contributed by atoms with E-state index in [-0.39, 0.29) is 25.8 Å². The minimum absolute atomic E-state index is 0.0429. The zero-order valence-corrected chi connectivity index (χ0v) is 34.4. The van der Waals surface area contributed by atoms with Crippen LogP contribution >= 0.6 is 0 Å². The van der Waals surface area contributed by atoms with E-state index in [0.717, 1.165) is 11.8 Å². The second-order valence-electron chi connectivity index (χ2n) is 15.1. The highest BCUT2D eigenvalue weighted by Gasteiger charge is 2.45. The summed E-state index contributed by atoms with van der Waals surface area (Å²) in [6.07, 6.45) is -2.38. The summed E-state index contributed by atoms with van der Waals surface area (Å²) in [4.78, 5) is 152. The third kappa shape index (κ3) is 17.4. The Balaban J connectivity index is 3.41. The van der Waals surface area contributed by atoms with Gasteiger partial charge in [0.15, 0.2) is 0 Å². The zero-order chi connectivity index (χ0) is 46.0. The van der Waals surface area contributed by atoms with Crippen LogP contribution in [0.25, 0.3) is 0 Å². The van der Waals surface area contributed by atoms with Gasteiger partial charge in [-0.15, -0.1) is 0 Å². The van der Waals surface area contributed by atoms with Crippen LogP contribution in [-0.4, -0.2) is 146 Å². The number of rotatable bonds is 26. The lowest BCUT2D eigenvalue weighted by atomic mass is 9.98. The lowest BCUT2D eigenvalue weighted by Crippen LogP contribution is -2.61. The number of nitrogens with one attached hydrogen (secondary N) is 6. The summed E-state index contributed by atoms with van der Waals surface area (Å²) in [5.74, 6) is -15.1. The Kier molecular flexibility index (Phi) is 21.3. The van der Waals surface area contributed by atoms with Gasteiger partial charge >= 0.3 is 23.9 Å². The van der Waals surface area contributed by atoms with Crippen LogP contribution in [0.1, 0.15) is 92.9 Å². The third-order valence-corrected chi connectivity index (χ3v) is 9.37. The molecule has 0 saturated carbocycles. The second kappa shape index (κ2) is 24.7. The van der Waals surface area contributed by atoms with Gasteiger partial charge in [-0.25, -0.2) is 0 Å². The fraction of sp³-hybridized carbons (Fsp3) is 0.676. The van der Waals surface area contributed by atoms with E-state index in [4.69, 9.17) is 10.2 Å². The molecule has 1 saturated heterocycles. The van der Waals surface area contributed by atoms with E-state index in [9.17, 15) is 67.7 Å². The Morgan fingerprint density at radius 1 is 0.617 bits per heavy atom. The number of hydrogen-bond donors (Lipinski definition) is 10. The molecule has 0 aromatic carbocycles. The molecule has 10 N–H and O–H groups in total. The van der Waals surface area contributed by atoms with Gasteiger partial charge in [0, 0.05) is 32.7 Å². The van der Waals surface area contributed by atoms with E-state index in [1.165, 1.54) is 13.8 Å². The average Bonchev–Trinajstić information content (AvgIpc) is 3.56. The maximum Gasteiger partial charge on any atom is 0.322 e. The van der Waals surface area contributed by atoms with Crippen molar-refractivity contribution in [2.75, 3.05) is 13.1 Å². The van der Waals surface area contributed by atoms with Crippen LogP contribution < -0.4 is 31.9 Å². The van der Waals surface area contributed by atoms with Crippen molar-refractivity contribution in [2.45, 2.75) is 129 Å². The first-order valence-electron chi connectivity index (χ1n) is 19.4. The van der Waals surface area contributed by atoms with Crippen molar-refractivity contribution in [3.63, 3.8) is 0 Å². The van der Waals surface area contributed by atoms with E-state index < -0.39 is 157 Å². The number of carbonyl (C=O) groups excluding carboxylic acids is 8. The number of carbonyl (C=O) groups is 12. The van der Waals surface area contributed by atoms with Crippen LogP contribution in [0.2, 0.25) is 0 Å². The Hall–Kier alpha value is -6.16. The zero-order valence-electron chi connectivity index (χ0n) is 34.4. The van der Waals surface area contributed by atoms with Gasteiger partial charge in [-0.2, -0.15) is 0 Å². The Morgan fingerprint density at radius 2 is 1.13 bits per heavy atom. The van der Waals surface area contributed by atoms with Crippen molar-refractivity contribution in [1.29, 1.82) is 0 Å². The van der Waals surface area contributed by atoms with Crippen molar-refractivity contribution < 1.29 is 78.0 Å². The fourth-order valence-electron chi connectivity index (χ4n) is 6.35. The van der Waals surface area contributed by atoms with Crippen LogP contribution in [0, 0.1) is 17.8 Å². The minimum Gasteiger partial charge on any atom is -0.481 e. The molecule has 1 aliphatic rings. The molecule has 23 heteroatoms. The van der Waals surface area contributed by atoms with Gasteiger partial charge in [-0.3, -0.25) is 57.5 Å². The van der Waals surface area contributed by atoms with Gasteiger partial charge in [0.2, 0.25) is 41.2 Å². The molecule has 60 heavy (non-hydrogen) atoms. The first-order chi connectivity index (χ1) is 27.9. The summed E-state index contributed by atoms with van der Waals surface area (Å²) in [5, 5.41) is 50.7. The first-order valence-corrected chi connectivity index (χ1v) is 19.4. The standard InChI is InChI=1S/C37H57N7O16/c1-7-8-21(31(54)36(59)38-15-28(52)53)40-34(57)24-13-20(14-27(50)51)16-44(24)37(60)30(18(4)5)43-35(58)29(17(2)3)42-33(56)23(10-12-26(48)49)41-32(55)22(39-19(6)45)9-11-25(46)47/h17-18,20-24,29-30H,7-16H2,1-6H3,(H,38,59)(H,39,45)(H,40,57)(H,41,55)(H,42,56)(H,43,58)(H,46,47)(H,48,49)(H,50,51)(H,52,53)/t20-,21-,22-,23-,24-,29-,30-/m0/s1. The third-order valence-electron chi connectivity index (χ3n) is 9.37. The van der Waals surface area contributed by atoms with Crippen molar-refractivity contribution in [3.8, 4) is 0 Å². The van der Waals surface area contributed by atoms with Gasteiger partial charge in [0.1, 0.15) is 36.8 Å². The highest BCUT2D eigenvalue weighted by atomic mass is 16.4. The molecule has 7 atom stereocenters. The van der Waals surface area contributed by atoms with Crippen LogP contribution in [0.15, 0.2) is 0 Å². The quantitative estimate of drug-likeness (QED) is 0.0410. The summed E-state index contributed by atoms with van der Waals surface area (Å²) < 4.78 is 0. The maximum absolute atomic E-state index is 14.2. The van der Waals surface area contributed by atoms with E-state index in [1.54, 1.807) is 20.8 Å².